The molecule has 0 radical (unpaired) electrons. The van der Waals surface area contributed by atoms with Gasteiger partial charge in [-0.25, -0.2) is 0 Å². The van der Waals surface area contributed by atoms with E-state index in [4.69, 9.17) is 11.6 Å². The van der Waals surface area contributed by atoms with Gasteiger partial charge in [0.15, 0.2) is 5.96 Å². The number of aliphatic imine (C=N–C) groups is 1. The number of benzene rings is 1. The third-order valence-electron chi connectivity index (χ3n) is 4.33. The predicted molar refractivity (Wildman–Crippen MR) is 94.5 cm³/mol. The number of nitrogens with zero attached hydrogens (tertiary/aromatic N) is 2. The number of likely N-dealkylation sites (N-methyl/N-ethyl adjacent to an activating group) is 1. The fourth-order valence-corrected chi connectivity index (χ4v) is 3.12. The van der Waals surface area contributed by atoms with Crippen molar-refractivity contribution in [2.45, 2.75) is 38.3 Å². The van der Waals surface area contributed by atoms with E-state index in [1.165, 1.54) is 25.7 Å². The quantitative estimate of drug-likeness (QED) is 0.625. The van der Waals surface area contributed by atoms with E-state index in [9.17, 15) is 0 Å². The van der Waals surface area contributed by atoms with Crippen LogP contribution in [0.1, 0.15) is 31.2 Å². The number of nitrogens with one attached hydrogen (secondary N) is 2. The Morgan fingerprint density at radius 1 is 1.27 bits per heavy atom. The van der Waals surface area contributed by atoms with Crippen LogP contribution in [0.15, 0.2) is 29.3 Å². The lowest BCUT2D eigenvalue weighted by atomic mass is 10.2. The molecule has 0 saturated heterocycles. The summed E-state index contributed by atoms with van der Waals surface area (Å²) in [6, 6.07) is 8.63. The van der Waals surface area contributed by atoms with Crippen molar-refractivity contribution in [2.24, 2.45) is 4.99 Å². The van der Waals surface area contributed by atoms with E-state index in [1.54, 1.807) is 7.05 Å². The van der Waals surface area contributed by atoms with Crippen LogP contribution in [0.2, 0.25) is 5.02 Å². The Morgan fingerprint density at radius 3 is 2.68 bits per heavy atom. The molecule has 0 atom stereocenters. The van der Waals surface area contributed by atoms with Crippen LogP contribution in [0, 0.1) is 0 Å². The summed E-state index contributed by atoms with van der Waals surface area (Å²) < 4.78 is 0. The van der Waals surface area contributed by atoms with Gasteiger partial charge in [-0.05, 0) is 31.5 Å². The second kappa shape index (κ2) is 9.01. The fraction of sp³-hybridized carbons (Fsp3) is 0.588. The maximum absolute atomic E-state index is 6.16. The lowest BCUT2D eigenvalue weighted by Crippen LogP contribution is -2.42. The highest BCUT2D eigenvalue weighted by Gasteiger charge is 2.18. The molecule has 0 aromatic heterocycles. The monoisotopic (exact) mass is 322 g/mol. The van der Waals surface area contributed by atoms with Crippen molar-refractivity contribution in [1.82, 2.24) is 15.5 Å². The van der Waals surface area contributed by atoms with Crippen LogP contribution in [0.25, 0.3) is 0 Å². The highest BCUT2D eigenvalue weighted by atomic mass is 35.5. The highest BCUT2D eigenvalue weighted by Crippen LogP contribution is 2.21. The average Bonchev–Trinajstić information content (AvgIpc) is 3.06. The van der Waals surface area contributed by atoms with Gasteiger partial charge in [0, 0.05) is 37.7 Å². The normalized spacial score (nSPS) is 16.3. The van der Waals surface area contributed by atoms with Gasteiger partial charge >= 0.3 is 0 Å². The predicted octanol–water partition coefficient (Wildman–Crippen LogP) is 2.88. The first kappa shape index (κ1) is 17.1. The Labute approximate surface area is 138 Å². The molecule has 0 amide bonds. The molecule has 22 heavy (non-hydrogen) atoms. The Bertz CT molecular complexity index is 483. The minimum atomic E-state index is 0.678. The zero-order valence-electron chi connectivity index (χ0n) is 13.6. The summed E-state index contributed by atoms with van der Waals surface area (Å²) in [6.07, 6.45) is 5.44. The summed E-state index contributed by atoms with van der Waals surface area (Å²) in [6.45, 7) is 2.62. The van der Waals surface area contributed by atoms with E-state index in [2.05, 4.69) is 27.6 Å². The molecule has 0 heterocycles. The van der Waals surface area contributed by atoms with Crippen LogP contribution >= 0.6 is 11.6 Å². The zero-order valence-corrected chi connectivity index (χ0v) is 14.4. The molecule has 5 heteroatoms. The SMILES string of the molecule is CN=C(NCCN(C)C1CCCC1)NCc1ccccc1Cl. The maximum atomic E-state index is 6.16. The van der Waals surface area contributed by atoms with E-state index in [0.29, 0.717) is 6.54 Å². The maximum Gasteiger partial charge on any atom is 0.191 e. The van der Waals surface area contributed by atoms with Crippen LogP contribution in [0.5, 0.6) is 0 Å². The van der Waals surface area contributed by atoms with Crippen molar-refractivity contribution < 1.29 is 0 Å². The fourth-order valence-electron chi connectivity index (χ4n) is 2.92. The molecule has 0 spiro atoms. The lowest BCUT2D eigenvalue weighted by molar-refractivity contribution is 0.249. The molecule has 1 aliphatic rings. The van der Waals surface area contributed by atoms with E-state index in [1.807, 2.05) is 24.3 Å². The Morgan fingerprint density at radius 2 is 2.00 bits per heavy atom. The van der Waals surface area contributed by atoms with Gasteiger partial charge in [-0.2, -0.15) is 0 Å². The van der Waals surface area contributed by atoms with E-state index in [0.717, 1.165) is 35.7 Å². The highest BCUT2D eigenvalue weighted by molar-refractivity contribution is 6.31. The van der Waals surface area contributed by atoms with Crippen molar-refractivity contribution >= 4 is 17.6 Å². The van der Waals surface area contributed by atoms with Gasteiger partial charge in [0.1, 0.15) is 0 Å². The summed E-state index contributed by atoms with van der Waals surface area (Å²) >= 11 is 6.16. The van der Waals surface area contributed by atoms with Crippen LogP contribution in [0.4, 0.5) is 0 Å². The van der Waals surface area contributed by atoms with E-state index < -0.39 is 0 Å². The molecule has 2 N–H and O–H groups in total. The Balaban J connectivity index is 1.70. The summed E-state index contributed by atoms with van der Waals surface area (Å²) in [7, 11) is 4.01. The second-order valence-electron chi connectivity index (χ2n) is 5.86. The van der Waals surface area contributed by atoms with Gasteiger partial charge in [-0.15, -0.1) is 0 Å². The van der Waals surface area contributed by atoms with Crippen molar-refractivity contribution in [1.29, 1.82) is 0 Å². The zero-order chi connectivity index (χ0) is 15.8. The van der Waals surface area contributed by atoms with Gasteiger partial charge in [-0.1, -0.05) is 42.6 Å². The summed E-state index contributed by atoms with van der Waals surface area (Å²) in [5.41, 5.74) is 1.08. The van der Waals surface area contributed by atoms with E-state index >= 15 is 0 Å². The third-order valence-corrected chi connectivity index (χ3v) is 4.70. The molecule has 4 nitrogen and oxygen atoms in total. The molecule has 1 aromatic rings. The molecular weight excluding hydrogens is 296 g/mol. The summed E-state index contributed by atoms with van der Waals surface area (Å²) in [5, 5.41) is 7.46. The minimum Gasteiger partial charge on any atom is -0.355 e. The lowest BCUT2D eigenvalue weighted by Gasteiger charge is -2.24. The van der Waals surface area contributed by atoms with Gasteiger partial charge in [0.2, 0.25) is 0 Å². The van der Waals surface area contributed by atoms with Gasteiger partial charge < -0.3 is 15.5 Å². The molecule has 0 aliphatic heterocycles. The Kier molecular flexibility index (Phi) is 7.00. The van der Waals surface area contributed by atoms with Crippen LogP contribution in [0.3, 0.4) is 0 Å². The molecule has 0 unspecified atom stereocenters. The van der Waals surface area contributed by atoms with Crippen LogP contribution in [-0.2, 0) is 6.54 Å². The first-order valence-corrected chi connectivity index (χ1v) is 8.46. The topological polar surface area (TPSA) is 39.7 Å². The third kappa shape index (κ3) is 5.18. The van der Waals surface area contributed by atoms with Crippen molar-refractivity contribution in [2.75, 3.05) is 27.2 Å². The van der Waals surface area contributed by atoms with Crippen molar-refractivity contribution in [3.05, 3.63) is 34.9 Å². The van der Waals surface area contributed by atoms with Gasteiger partial charge in [0.05, 0.1) is 0 Å². The van der Waals surface area contributed by atoms with Gasteiger partial charge in [0.25, 0.3) is 0 Å². The number of hydrogen-bond donors (Lipinski definition) is 2. The van der Waals surface area contributed by atoms with Crippen LogP contribution < -0.4 is 10.6 Å². The summed E-state index contributed by atoms with van der Waals surface area (Å²) in [5.74, 6) is 0.819. The largest absolute Gasteiger partial charge is 0.355 e. The molecule has 1 aromatic carbocycles. The number of halogens is 1. The van der Waals surface area contributed by atoms with Crippen molar-refractivity contribution in [3.63, 3.8) is 0 Å². The first-order chi connectivity index (χ1) is 10.7. The molecule has 1 aliphatic carbocycles. The first-order valence-electron chi connectivity index (χ1n) is 8.09. The molecule has 0 bridgehead atoms. The standard InChI is InChI=1S/C17H27ClN4/c1-19-17(21-13-14-7-3-6-10-16(14)18)20-11-12-22(2)15-8-4-5-9-15/h3,6-7,10,15H,4-5,8-9,11-13H2,1-2H3,(H2,19,20,21). The van der Waals surface area contributed by atoms with Crippen molar-refractivity contribution in [3.8, 4) is 0 Å². The molecule has 1 saturated carbocycles. The average molecular weight is 323 g/mol. The molecule has 1 fully saturated rings. The molecule has 2 rings (SSSR count). The summed E-state index contributed by atoms with van der Waals surface area (Å²) in [4.78, 5) is 6.72. The minimum absolute atomic E-state index is 0.678. The van der Waals surface area contributed by atoms with E-state index in [-0.39, 0.29) is 0 Å². The number of guanidine groups is 1. The number of rotatable bonds is 6. The Hall–Kier alpha value is -1.26. The number of hydrogen-bond acceptors (Lipinski definition) is 2. The smallest absolute Gasteiger partial charge is 0.191 e. The molecular formula is C17H27ClN4. The molecule has 122 valence electrons. The second-order valence-corrected chi connectivity index (χ2v) is 6.27. The van der Waals surface area contributed by atoms with Crippen LogP contribution in [-0.4, -0.2) is 44.1 Å². The van der Waals surface area contributed by atoms with Gasteiger partial charge in [-0.3, -0.25) is 4.99 Å².